The summed E-state index contributed by atoms with van der Waals surface area (Å²) in [5.41, 5.74) is 0.450. The van der Waals surface area contributed by atoms with E-state index >= 15 is 0 Å². The summed E-state index contributed by atoms with van der Waals surface area (Å²) in [6.07, 6.45) is 4.29. The van der Waals surface area contributed by atoms with E-state index in [9.17, 15) is 9.18 Å². The average molecular weight is 488 g/mol. The van der Waals surface area contributed by atoms with Crippen LogP contribution in [0.3, 0.4) is 0 Å². The molecule has 9 heteroatoms. The first-order valence-corrected chi connectivity index (χ1v) is 12.2. The Bertz CT molecular complexity index is 1090. The topological polar surface area (TPSA) is 75.5 Å². The Morgan fingerprint density at radius 1 is 1.03 bits per heavy atom. The third kappa shape index (κ3) is 6.72. The highest BCUT2D eigenvalue weighted by Crippen LogP contribution is 2.27. The van der Waals surface area contributed by atoms with Crippen molar-refractivity contribution in [1.29, 1.82) is 0 Å². The van der Waals surface area contributed by atoms with Crippen molar-refractivity contribution < 1.29 is 23.4 Å². The van der Waals surface area contributed by atoms with E-state index in [2.05, 4.69) is 17.1 Å². The SMILES string of the molecule is CCCCCCn1c(COc2ccccc2F)nnc1SCC(=O)c1cc(OC)ccc1OC. The lowest BCUT2D eigenvalue weighted by molar-refractivity contribution is 0.101. The second-order valence-electron chi connectivity index (χ2n) is 7.61. The Kier molecular flexibility index (Phi) is 9.75. The molecule has 0 atom stereocenters. The van der Waals surface area contributed by atoms with Gasteiger partial charge in [0.1, 0.15) is 18.1 Å². The van der Waals surface area contributed by atoms with Crippen LogP contribution < -0.4 is 14.2 Å². The van der Waals surface area contributed by atoms with Gasteiger partial charge in [0.2, 0.25) is 0 Å². The molecule has 0 unspecified atom stereocenters. The van der Waals surface area contributed by atoms with E-state index < -0.39 is 5.82 Å². The van der Waals surface area contributed by atoms with Gasteiger partial charge in [-0.3, -0.25) is 4.79 Å². The molecule has 34 heavy (non-hydrogen) atoms. The number of ether oxygens (including phenoxy) is 3. The van der Waals surface area contributed by atoms with Gasteiger partial charge in [-0.25, -0.2) is 4.39 Å². The molecule has 0 aliphatic rings. The molecular formula is C25H30FN3O4S. The molecule has 3 rings (SSSR count). The van der Waals surface area contributed by atoms with Crippen LogP contribution in [0.2, 0.25) is 0 Å². The van der Waals surface area contributed by atoms with Crippen LogP contribution in [0.4, 0.5) is 4.39 Å². The van der Waals surface area contributed by atoms with E-state index in [1.54, 1.807) is 43.5 Å². The number of carbonyl (C=O) groups is 1. The molecule has 0 amide bonds. The molecule has 0 bridgehead atoms. The van der Waals surface area contributed by atoms with E-state index in [1.807, 2.05) is 4.57 Å². The van der Waals surface area contributed by atoms with Gasteiger partial charge in [-0.05, 0) is 36.8 Å². The number of carbonyl (C=O) groups excluding carboxylic acids is 1. The first-order valence-electron chi connectivity index (χ1n) is 11.2. The van der Waals surface area contributed by atoms with Crippen LogP contribution in [-0.2, 0) is 13.2 Å². The molecule has 0 aliphatic heterocycles. The van der Waals surface area contributed by atoms with Crippen molar-refractivity contribution in [2.45, 2.75) is 50.9 Å². The van der Waals surface area contributed by atoms with Gasteiger partial charge in [0, 0.05) is 6.54 Å². The van der Waals surface area contributed by atoms with Crippen molar-refractivity contribution in [2.24, 2.45) is 0 Å². The molecule has 1 aromatic heterocycles. The van der Waals surface area contributed by atoms with Crippen LogP contribution >= 0.6 is 11.8 Å². The summed E-state index contributed by atoms with van der Waals surface area (Å²) in [6, 6.07) is 11.4. The number of hydrogen-bond acceptors (Lipinski definition) is 7. The predicted octanol–water partition coefficient (Wildman–Crippen LogP) is 5.57. The van der Waals surface area contributed by atoms with Crippen molar-refractivity contribution in [3.8, 4) is 17.2 Å². The minimum absolute atomic E-state index is 0.0833. The zero-order valence-corrected chi connectivity index (χ0v) is 20.6. The van der Waals surface area contributed by atoms with Gasteiger partial charge in [-0.15, -0.1) is 10.2 Å². The summed E-state index contributed by atoms with van der Waals surface area (Å²) >= 11 is 1.31. The molecule has 0 aliphatic carbocycles. The lowest BCUT2D eigenvalue weighted by Gasteiger charge is -2.12. The highest BCUT2D eigenvalue weighted by molar-refractivity contribution is 7.99. The molecule has 0 N–H and O–H groups in total. The van der Waals surface area contributed by atoms with Crippen LogP contribution in [0.15, 0.2) is 47.6 Å². The molecule has 0 spiro atoms. The molecular weight excluding hydrogens is 457 g/mol. The molecule has 182 valence electrons. The van der Waals surface area contributed by atoms with Gasteiger partial charge in [-0.2, -0.15) is 0 Å². The van der Waals surface area contributed by atoms with Gasteiger partial charge >= 0.3 is 0 Å². The Labute approximate surface area is 203 Å². The zero-order chi connectivity index (χ0) is 24.3. The number of rotatable bonds is 14. The highest BCUT2D eigenvalue weighted by atomic mass is 32.2. The first kappa shape index (κ1) is 25.6. The Hall–Kier alpha value is -3.07. The zero-order valence-electron chi connectivity index (χ0n) is 19.8. The fourth-order valence-corrected chi connectivity index (χ4v) is 4.26. The summed E-state index contributed by atoms with van der Waals surface area (Å²) in [7, 11) is 3.08. The Morgan fingerprint density at radius 2 is 1.85 bits per heavy atom. The molecule has 0 radical (unpaired) electrons. The van der Waals surface area contributed by atoms with Gasteiger partial charge in [-0.1, -0.05) is 50.1 Å². The second kappa shape index (κ2) is 13.0. The van der Waals surface area contributed by atoms with Crippen molar-refractivity contribution in [2.75, 3.05) is 20.0 Å². The van der Waals surface area contributed by atoms with Gasteiger partial charge in [0.25, 0.3) is 0 Å². The van der Waals surface area contributed by atoms with E-state index in [4.69, 9.17) is 14.2 Å². The number of hydrogen-bond donors (Lipinski definition) is 0. The van der Waals surface area contributed by atoms with Crippen molar-refractivity contribution >= 4 is 17.5 Å². The number of halogens is 1. The van der Waals surface area contributed by atoms with Crippen molar-refractivity contribution in [3.05, 3.63) is 59.7 Å². The van der Waals surface area contributed by atoms with E-state index in [-0.39, 0.29) is 23.9 Å². The molecule has 7 nitrogen and oxygen atoms in total. The van der Waals surface area contributed by atoms with Crippen molar-refractivity contribution in [3.63, 3.8) is 0 Å². The fraction of sp³-hybridized carbons (Fsp3) is 0.400. The maximum absolute atomic E-state index is 13.9. The Balaban J connectivity index is 1.73. The summed E-state index contributed by atoms with van der Waals surface area (Å²) in [6.45, 7) is 2.94. The standard InChI is InChI=1S/C25H30FN3O4S/c1-4-5-6-9-14-29-24(16-33-23-11-8-7-10-20(23)26)27-28-25(29)34-17-21(30)19-15-18(31-2)12-13-22(19)32-3/h7-8,10-13,15H,4-6,9,14,16-17H2,1-3H3. The smallest absolute Gasteiger partial charge is 0.191 e. The lowest BCUT2D eigenvalue weighted by atomic mass is 10.1. The van der Waals surface area contributed by atoms with Crippen LogP contribution in [0.5, 0.6) is 17.2 Å². The third-order valence-electron chi connectivity index (χ3n) is 5.26. The van der Waals surface area contributed by atoms with Gasteiger partial charge < -0.3 is 18.8 Å². The first-order chi connectivity index (χ1) is 16.6. The maximum atomic E-state index is 13.9. The quantitative estimate of drug-likeness (QED) is 0.167. The third-order valence-corrected chi connectivity index (χ3v) is 6.23. The summed E-state index contributed by atoms with van der Waals surface area (Å²) < 4.78 is 32.1. The number of ketones is 1. The largest absolute Gasteiger partial charge is 0.497 e. The minimum atomic E-state index is -0.427. The molecule has 3 aromatic rings. The number of thioether (sulfide) groups is 1. The summed E-state index contributed by atoms with van der Waals surface area (Å²) in [5.74, 6) is 1.46. The lowest BCUT2D eigenvalue weighted by Crippen LogP contribution is -2.10. The molecule has 0 fully saturated rings. The monoisotopic (exact) mass is 487 g/mol. The number of methoxy groups -OCH3 is 2. The summed E-state index contributed by atoms with van der Waals surface area (Å²) in [4.78, 5) is 13.0. The normalized spacial score (nSPS) is 10.8. The minimum Gasteiger partial charge on any atom is -0.497 e. The fourth-order valence-electron chi connectivity index (χ4n) is 3.40. The highest BCUT2D eigenvalue weighted by Gasteiger charge is 2.18. The van der Waals surface area contributed by atoms with Crippen molar-refractivity contribution in [1.82, 2.24) is 14.8 Å². The van der Waals surface area contributed by atoms with E-state index in [0.717, 1.165) is 25.7 Å². The number of unbranched alkanes of at least 4 members (excludes halogenated alkanes) is 3. The number of aromatic nitrogens is 3. The number of nitrogens with zero attached hydrogens (tertiary/aromatic N) is 3. The molecule has 0 saturated carbocycles. The summed E-state index contributed by atoms with van der Waals surface area (Å²) in [5, 5.41) is 9.17. The molecule has 1 heterocycles. The molecule has 2 aromatic carbocycles. The van der Waals surface area contributed by atoms with E-state index in [0.29, 0.717) is 34.6 Å². The van der Waals surface area contributed by atoms with Crippen LogP contribution in [-0.4, -0.2) is 40.5 Å². The Morgan fingerprint density at radius 3 is 2.59 bits per heavy atom. The predicted molar refractivity (Wildman–Crippen MR) is 129 cm³/mol. The van der Waals surface area contributed by atoms with Crippen LogP contribution in [0, 0.1) is 5.82 Å². The maximum Gasteiger partial charge on any atom is 0.191 e. The van der Waals surface area contributed by atoms with Gasteiger partial charge in [0.05, 0.1) is 25.5 Å². The second-order valence-corrected chi connectivity index (χ2v) is 8.55. The van der Waals surface area contributed by atoms with Crippen LogP contribution in [0.1, 0.15) is 48.8 Å². The van der Waals surface area contributed by atoms with Gasteiger partial charge in [0.15, 0.2) is 28.3 Å². The van der Waals surface area contributed by atoms with Crippen LogP contribution in [0.25, 0.3) is 0 Å². The van der Waals surface area contributed by atoms with E-state index in [1.165, 1.54) is 24.9 Å². The average Bonchev–Trinajstić information content (AvgIpc) is 3.25. The number of Topliss-reactive ketones (excluding diaryl/α,β-unsaturated/α-hetero) is 1. The number of benzene rings is 2. The molecule has 0 saturated heterocycles. The number of para-hydroxylation sites is 1.